The summed E-state index contributed by atoms with van der Waals surface area (Å²) in [6.07, 6.45) is -6.03. The van der Waals surface area contributed by atoms with E-state index in [1.807, 2.05) is 0 Å². The summed E-state index contributed by atoms with van der Waals surface area (Å²) in [6, 6.07) is 10.7. The van der Waals surface area contributed by atoms with E-state index in [9.17, 15) is 30.7 Å². The number of nitrogens with zero attached hydrogens (tertiary/aromatic N) is 4. The molecule has 0 amide bonds. The van der Waals surface area contributed by atoms with Crippen molar-refractivity contribution in [2.45, 2.75) is 31.2 Å². The number of aromatic nitrogens is 5. The first kappa shape index (κ1) is 24.6. The van der Waals surface area contributed by atoms with Crippen molar-refractivity contribution < 1.29 is 35.3 Å². The molecule has 5 nitrogen and oxygen atoms in total. The summed E-state index contributed by atoms with van der Waals surface area (Å²) in [5.41, 5.74) is -0.752. The molecule has 1 N–H and O–H groups in total. The summed E-state index contributed by atoms with van der Waals surface area (Å²) in [7, 11) is 0. The van der Waals surface area contributed by atoms with Crippen LogP contribution in [0.4, 0.5) is 30.7 Å². The molecule has 0 radical (unpaired) electrons. The zero-order valence-electron chi connectivity index (χ0n) is 18.8. The van der Waals surface area contributed by atoms with Crippen LogP contribution in [0.25, 0.3) is 22.4 Å². The van der Waals surface area contributed by atoms with E-state index in [1.54, 1.807) is 41.2 Å². The topological polar surface area (TPSA) is 58.3 Å². The second-order valence-electron chi connectivity index (χ2n) is 8.47. The largest absolute Gasteiger partial charge is 0.416 e. The highest BCUT2D eigenvalue weighted by Gasteiger charge is 2.44. The highest BCUT2D eigenvalue weighted by molar-refractivity contribution is 5.77. The summed E-state index contributed by atoms with van der Waals surface area (Å²) in [4.78, 5) is 7.45. The second kappa shape index (κ2) is 9.09. The minimum Gasteiger partial charge on any atom is -0.333 e. The molecule has 12 heteroatoms. The van der Waals surface area contributed by atoms with Gasteiger partial charge in [0.25, 0.3) is 0 Å². The molecule has 190 valence electrons. The van der Waals surface area contributed by atoms with Gasteiger partial charge in [0.2, 0.25) is 0 Å². The number of pyridine rings is 1. The molecular formula is C25H17F7N5+. The molecule has 0 spiro atoms. The van der Waals surface area contributed by atoms with Crippen molar-refractivity contribution in [1.82, 2.24) is 20.2 Å². The molecule has 0 bridgehead atoms. The van der Waals surface area contributed by atoms with Crippen LogP contribution in [0.1, 0.15) is 23.7 Å². The molecule has 4 aromatic rings. The van der Waals surface area contributed by atoms with Gasteiger partial charge in [0.05, 0.1) is 16.8 Å². The third-order valence-corrected chi connectivity index (χ3v) is 5.97. The summed E-state index contributed by atoms with van der Waals surface area (Å²) < 4.78 is 95.3. The van der Waals surface area contributed by atoms with Gasteiger partial charge >= 0.3 is 12.4 Å². The SMILES string of the molecule is Fc1ccccc1-c1nc2cc[n+](Cc3ccc(C4CC=C(C(F)(F)F)C=C4C(F)(F)F)nn3)cc2[nH]1. The van der Waals surface area contributed by atoms with Crippen LogP contribution in [0, 0.1) is 5.82 Å². The number of fused-ring (bicyclic) bond motifs is 1. The van der Waals surface area contributed by atoms with E-state index in [0.29, 0.717) is 28.1 Å². The summed E-state index contributed by atoms with van der Waals surface area (Å²) in [5.74, 6) is -1.45. The van der Waals surface area contributed by atoms with Gasteiger partial charge < -0.3 is 4.98 Å². The van der Waals surface area contributed by atoms with E-state index >= 15 is 0 Å². The molecular weight excluding hydrogens is 503 g/mol. The highest BCUT2D eigenvalue weighted by atomic mass is 19.4. The van der Waals surface area contributed by atoms with Gasteiger partial charge in [-0.2, -0.15) is 36.0 Å². The molecule has 37 heavy (non-hydrogen) atoms. The minimum atomic E-state index is -4.95. The van der Waals surface area contributed by atoms with Crippen LogP contribution >= 0.6 is 0 Å². The standard InChI is InChI=1S/C25H16F7N5/c26-19-4-2-1-3-17(19)23-33-21-9-10-37(13-22(21)34-23)12-15-6-8-20(36-35-15)16-7-5-14(24(27,28)29)11-18(16)25(30,31)32/h1-6,8-11,13,16H,7,12H2/p+1. The Morgan fingerprint density at radius 3 is 2.41 bits per heavy atom. The summed E-state index contributed by atoms with van der Waals surface area (Å²) >= 11 is 0. The molecule has 3 aromatic heterocycles. The minimum absolute atomic E-state index is 0.0756. The molecule has 0 aliphatic heterocycles. The van der Waals surface area contributed by atoms with Crippen molar-refractivity contribution in [2.24, 2.45) is 0 Å². The van der Waals surface area contributed by atoms with E-state index in [2.05, 4.69) is 20.2 Å². The molecule has 1 unspecified atom stereocenters. The lowest BCUT2D eigenvalue weighted by Gasteiger charge is -2.25. The number of imidazole rings is 1. The van der Waals surface area contributed by atoms with Gasteiger partial charge in [0.1, 0.15) is 28.4 Å². The van der Waals surface area contributed by atoms with E-state index in [-0.39, 0.29) is 18.3 Å². The Balaban J connectivity index is 1.36. The van der Waals surface area contributed by atoms with Gasteiger partial charge in [-0.05, 0) is 36.8 Å². The number of H-pyrrole nitrogens is 1. The van der Waals surface area contributed by atoms with Crippen LogP contribution in [0.5, 0.6) is 0 Å². The van der Waals surface area contributed by atoms with Crippen LogP contribution in [0.3, 0.4) is 0 Å². The van der Waals surface area contributed by atoms with Crippen LogP contribution in [-0.4, -0.2) is 32.5 Å². The molecule has 1 aliphatic rings. The molecule has 0 saturated carbocycles. The van der Waals surface area contributed by atoms with E-state index in [0.717, 1.165) is 6.08 Å². The fourth-order valence-electron chi connectivity index (χ4n) is 4.16. The molecule has 1 aliphatic carbocycles. The third-order valence-electron chi connectivity index (χ3n) is 5.97. The Morgan fingerprint density at radius 2 is 1.73 bits per heavy atom. The molecule has 1 atom stereocenters. The maximum Gasteiger partial charge on any atom is 0.416 e. The first-order valence-electron chi connectivity index (χ1n) is 11.0. The van der Waals surface area contributed by atoms with Crippen molar-refractivity contribution in [2.75, 3.05) is 0 Å². The van der Waals surface area contributed by atoms with E-state index in [4.69, 9.17) is 0 Å². The van der Waals surface area contributed by atoms with Gasteiger partial charge in [0.15, 0.2) is 18.9 Å². The zero-order valence-corrected chi connectivity index (χ0v) is 18.8. The maximum atomic E-state index is 14.1. The highest BCUT2D eigenvalue weighted by Crippen LogP contribution is 2.44. The Kier molecular flexibility index (Phi) is 6.04. The molecule has 1 aromatic carbocycles. The lowest BCUT2D eigenvalue weighted by molar-refractivity contribution is -0.687. The first-order chi connectivity index (χ1) is 17.5. The summed E-state index contributed by atoms with van der Waals surface area (Å²) in [6.45, 7) is 0.210. The Morgan fingerprint density at radius 1 is 0.946 bits per heavy atom. The number of allylic oxidation sites excluding steroid dienone is 4. The predicted octanol–water partition coefficient (Wildman–Crippen LogP) is 5.96. The number of nitrogens with one attached hydrogen (secondary N) is 1. The van der Waals surface area contributed by atoms with Crippen LogP contribution in [0.15, 0.2) is 78.2 Å². The van der Waals surface area contributed by atoms with Crippen molar-refractivity contribution in [3.05, 3.63) is 95.4 Å². The predicted molar refractivity (Wildman–Crippen MR) is 118 cm³/mol. The number of benzene rings is 1. The number of rotatable bonds is 4. The van der Waals surface area contributed by atoms with Gasteiger partial charge in [-0.1, -0.05) is 18.2 Å². The number of aromatic amines is 1. The number of halogens is 7. The average molecular weight is 520 g/mol. The molecule has 0 fully saturated rings. The van der Waals surface area contributed by atoms with Crippen LogP contribution < -0.4 is 4.57 Å². The number of alkyl halides is 6. The lowest BCUT2D eigenvalue weighted by Crippen LogP contribution is -2.34. The van der Waals surface area contributed by atoms with Crippen LogP contribution in [-0.2, 0) is 6.54 Å². The molecule has 3 heterocycles. The van der Waals surface area contributed by atoms with Gasteiger partial charge in [0, 0.05) is 17.6 Å². The average Bonchev–Trinajstić information content (AvgIpc) is 3.26. The number of hydrogen-bond acceptors (Lipinski definition) is 3. The third kappa shape index (κ3) is 5.09. The van der Waals surface area contributed by atoms with Crippen LogP contribution in [0.2, 0.25) is 0 Å². The van der Waals surface area contributed by atoms with Crippen molar-refractivity contribution in [3.63, 3.8) is 0 Å². The van der Waals surface area contributed by atoms with Crippen molar-refractivity contribution in [3.8, 4) is 11.4 Å². The fraction of sp³-hybridized carbons (Fsp3) is 0.200. The van der Waals surface area contributed by atoms with Gasteiger partial charge in [-0.15, -0.1) is 5.10 Å². The monoisotopic (exact) mass is 520 g/mol. The van der Waals surface area contributed by atoms with Crippen molar-refractivity contribution >= 4 is 11.0 Å². The molecule has 5 rings (SSSR count). The quantitative estimate of drug-likeness (QED) is 0.267. The molecule has 0 saturated heterocycles. The van der Waals surface area contributed by atoms with E-state index < -0.39 is 41.7 Å². The Labute approximate surface area is 205 Å². The van der Waals surface area contributed by atoms with Gasteiger partial charge in [-0.25, -0.2) is 9.37 Å². The van der Waals surface area contributed by atoms with Crippen molar-refractivity contribution in [1.29, 1.82) is 0 Å². The fourth-order valence-corrected chi connectivity index (χ4v) is 4.16. The Hall–Kier alpha value is -4.09. The second-order valence-corrected chi connectivity index (χ2v) is 8.47. The smallest absolute Gasteiger partial charge is 0.333 e. The Bertz CT molecular complexity index is 1520. The lowest BCUT2D eigenvalue weighted by atomic mass is 9.85. The normalized spacial score (nSPS) is 16.6. The number of hydrogen-bond donors (Lipinski definition) is 1. The summed E-state index contributed by atoms with van der Waals surface area (Å²) in [5, 5.41) is 7.88. The van der Waals surface area contributed by atoms with E-state index in [1.165, 1.54) is 18.2 Å². The first-order valence-corrected chi connectivity index (χ1v) is 11.0. The zero-order chi connectivity index (χ0) is 26.4. The maximum absolute atomic E-state index is 14.1. The van der Waals surface area contributed by atoms with Gasteiger partial charge in [-0.3, -0.25) is 0 Å².